The summed E-state index contributed by atoms with van der Waals surface area (Å²) in [6, 6.07) is 19.3. The van der Waals surface area contributed by atoms with Crippen molar-refractivity contribution < 1.29 is 49.9 Å². The van der Waals surface area contributed by atoms with Crippen LogP contribution in [-0.2, 0) is 25.7 Å². The predicted molar refractivity (Wildman–Crippen MR) is 134 cm³/mol. The standard InChI is InChI=1S/C28H36IN2O6/c1-20(2)16-22(25(32)31-24(19-35-27(31)34)29-23-14-10-7-11-15-23)17-30(26(33)37-28(3,4)5)36-18-21-12-8-6-9-13-21/h6-15,20,22,24H,16-19H2,1-5H3/q-1/t22?,24-/m0/s1. The van der Waals surface area contributed by atoms with Crippen LogP contribution in [-0.4, -0.2) is 50.9 Å². The van der Waals surface area contributed by atoms with E-state index in [1.165, 1.54) is 4.90 Å². The van der Waals surface area contributed by atoms with Crippen LogP contribution in [0.3, 0.4) is 0 Å². The fourth-order valence-corrected chi connectivity index (χ4v) is 6.58. The minimum absolute atomic E-state index is 0.0427. The van der Waals surface area contributed by atoms with Crippen molar-refractivity contribution in [1.29, 1.82) is 0 Å². The summed E-state index contributed by atoms with van der Waals surface area (Å²) in [6.07, 6.45) is -0.844. The van der Waals surface area contributed by atoms with E-state index < -0.39 is 44.9 Å². The molecule has 37 heavy (non-hydrogen) atoms. The number of alkyl halides is 1. The summed E-state index contributed by atoms with van der Waals surface area (Å²) in [4.78, 5) is 46.7. The summed E-state index contributed by atoms with van der Waals surface area (Å²) in [5.41, 5.74) is 0.131. The number of hydroxylamine groups is 2. The van der Waals surface area contributed by atoms with Gasteiger partial charge in [0, 0.05) is 0 Å². The van der Waals surface area contributed by atoms with Crippen LogP contribution in [0.15, 0.2) is 60.7 Å². The Morgan fingerprint density at radius 1 is 1.08 bits per heavy atom. The zero-order chi connectivity index (χ0) is 27.0. The number of carbonyl (C=O) groups excluding carboxylic acids is 3. The van der Waals surface area contributed by atoms with Crippen molar-refractivity contribution in [1.82, 2.24) is 9.96 Å². The predicted octanol–water partition coefficient (Wildman–Crippen LogP) is 2.28. The molecule has 1 saturated heterocycles. The minimum atomic E-state index is -0.743. The number of halogens is 1. The molecule has 0 radical (unpaired) electrons. The van der Waals surface area contributed by atoms with E-state index in [0.29, 0.717) is 6.42 Å². The normalized spacial score (nSPS) is 16.5. The van der Waals surface area contributed by atoms with E-state index in [1.54, 1.807) is 20.8 Å². The first-order chi connectivity index (χ1) is 17.5. The van der Waals surface area contributed by atoms with E-state index in [2.05, 4.69) is 0 Å². The van der Waals surface area contributed by atoms with Crippen LogP contribution in [0.5, 0.6) is 0 Å². The molecule has 2 aromatic carbocycles. The van der Waals surface area contributed by atoms with Gasteiger partial charge in [-0.25, -0.2) is 0 Å². The molecule has 1 aliphatic heterocycles. The van der Waals surface area contributed by atoms with Crippen LogP contribution < -0.4 is 21.2 Å². The molecule has 0 bridgehead atoms. The Bertz CT molecular complexity index is 1040. The summed E-state index contributed by atoms with van der Waals surface area (Å²) in [5.74, 6) is -0.880. The van der Waals surface area contributed by atoms with Crippen molar-refractivity contribution in [2.24, 2.45) is 11.8 Å². The molecule has 3 amide bonds. The van der Waals surface area contributed by atoms with Gasteiger partial charge in [0.05, 0.1) is 0 Å². The monoisotopic (exact) mass is 623 g/mol. The van der Waals surface area contributed by atoms with Crippen LogP contribution in [0.25, 0.3) is 0 Å². The number of imide groups is 1. The zero-order valence-electron chi connectivity index (χ0n) is 22.1. The topological polar surface area (TPSA) is 85.4 Å². The van der Waals surface area contributed by atoms with Gasteiger partial charge in [-0.3, -0.25) is 0 Å². The quantitative estimate of drug-likeness (QED) is 0.175. The summed E-state index contributed by atoms with van der Waals surface area (Å²) in [5, 5.41) is 1.12. The number of amides is 3. The molecule has 1 aliphatic rings. The second-order valence-electron chi connectivity index (χ2n) is 10.3. The summed E-state index contributed by atoms with van der Waals surface area (Å²) in [6.45, 7) is 9.59. The van der Waals surface area contributed by atoms with Crippen LogP contribution in [0.1, 0.15) is 46.6 Å². The fraction of sp³-hybridized carbons (Fsp3) is 0.464. The van der Waals surface area contributed by atoms with Crippen molar-refractivity contribution >= 4 is 18.1 Å². The van der Waals surface area contributed by atoms with Gasteiger partial charge in [0.1, 0.15) is 0 Å². The van der Waals surface area contributed by atoms with E-state index in [9.17, 15) is 14.4 Å². The fourth-order valence-electron chi connectivity index (χ4n) is 3.78. The molecule has 0 aromatic heterocycles. The molecule has 0 saturated carbocycles. The average molecular weight is 624 g/mol. The maximum atomic E-state index is 13.8. The first-order valence-corrected chi connectivity index (χ1v) is 14.7. The number of nitrogens with zero attached hydrogens (tertiary/aromatic N) is 2. The average Bonchev–Trinajstić information content (AvgIpc) is 3.20. The molecule has 1 fully saturated rings. The van der Waals surface area contributed by atoms with Gasteiger partial charge in [-0.1, -0.05) is 0 Å². The van der Waals surface area contributed by atoms with Crippen molar-refractivity contribution in [3.05, 3.63) is 69.8 Å². The number of rotatable bonds is 10. The third-order valence-corrected chi connectivity index (χ3v) is 8.44. The molecule has 2 atom stereocenters. The molecule has 0 N–H and O–H groups in total. The molecule has 202 valence electrons. The first kappa shape index (κ1) is 28.9. The number of carbonyl (C=O) groups is 3. The molecule has 8 nitrogen and oxygen atoms in total. The van der Waals surface area contributed by atoms with Crippen molar-refractivity contribution in [2.75, 3.05) is 13.2 Å². The van der Waals surface area contributed by atoms with E-state index in [4.69, 9.17) is 14.3 Å². The van der Waals surface area contributed by atoms with Crippen LogP contribution in [0, 0.1) is 15.4 Å². The third kappa shape index (κ3) is 8.99. The molecular formula is C28H36IN2O6-. The van der Waals surface area contributed by atoms with Crippen LogP contribution in [0.4, 0.5) is 9.59 Å². The Morgan fingerprint density at radius 2 is 1.70 bits per heavy atom. The molecule has 3 rings (SSSR count). The molecule has 0 aliphatic carbocycles. The summed E-state index contributed by atoms with van der Waals surface area (Å²) in [7, 11) is 0. The number of ether oxygens (including phenoxy) is 2. The van der Waals surface area contributed by atoms with Gasteiger partial charge in [0.15, 0.2) is 0 Å². The molecule has 2 aromatic rings. The Morgan fingerprint density at radius 3 is 2.30 bits per heavy atom. The third-order valence-electron chi connectivity index (χ3n) is 5.36. The number of hydrogen-bond acceptors (Lipinski definition) is 6. The van der Waals surface area contributed by atoms with Crippen LogP contribution in [0.2, 0.25) is 0 Å². The summed E-state index contributed by atoms with van der Waals surface area (Å²) >= 11 is -0.692. The Balaban J connectivity index is 1.81. The second kappa shape index (κ2) is 13.2. The van der Waals surface area contributed by atoms with Crippen molar-refractivity contribution in [3.8, 4) is 0 Å². The number of benzene rings is 2. The van der Waals surface area contributed by atoms with E-state index >= 15 is 0 Å². The Labute approximate surface area is 229 Å². The molecular weight excluding hydrogens is 587 g/mol. The summed E-state index contributed by atoms with van der Waals surface area (Å²) < 4.78 is 11.7. The van der Waals surface area contributed by atoms with Crippen molar-refractivity contribution in [3.63, 3.8) is 0 Å². The van der Waals surface area contributed by atoms with E-state index in [-0.39, 0.29) is 35.6 Å². The molecule has 1 unspecified atom stereocenters. The van der Waals surface area contributed by atoms with E-state index in [1.807, 2.05) is 74.5 Å². The number of cyclic esters (lactones) is 1. The van der Waals surface area contributed by atoms with Gasteiger partial charge in [0.25, 0.3) is 0 Å². The van der Waals surface area contributed by atoms with Gasteiger partial charge in [0.2, 0.25) is 0 Å². The van der Waals surface area contributed by atoms with Gasteiger partial charge in [-0.05, 0) is 0 Å². The molecule has 9 heteroatoms. The molecule has 0 spiro atoms. The zero-order valence-corrected chi connectivity index (χ0v) is 24.2. The van der Waals surface area contributed by atoms with Gasteiger partial charge >= 0.3 is 230 Å². The Kier molecular flexibility index (Phi) is 10.3. The van der Waals surface area contributed by atoms with E-state index in [0.717, 1.165) is 14.2 Å². The van der Waals surface area contributed by atoms with Gasteiger partial charge in [-0.15, -0.1) is 0 Å². The number of hydrogen-bond donors (Lipinski definition) is 0. The maximum absolute atomic E-state index is 13.8. The Hall–Kier alpha value is -2.66. The van der Waals surface area contributed by atoms with Gasteiger partial charge in [-0.2, -0.15) is 0 Å². The van der Waals surface area contributed by atoms with Gasteiger partial charge < -0.3 is 0 Å². The van der Waals surface area contributed by atoms with Crippen molar-refractivity contribution in [2.45, 2.75) is 57.3 Å². The SMILES string of the molecule is CC(C)CC(CN(OCc1ccccc1)C(=O)OC(C)(C)C)C(=O)N1C(=O)OC[C@H]1[I-]c1ccccc1. The van der Waals surface area contributed by atoms with Crippen LogP contribution >= 0.6 is 0 Å². The second-order valence-corrected chi connectivity index (χ2v) is 13.6. The molecule has 1 heterocycles. The first-order valence-electron chi connectivity index (χ1n) is 12.4.